The molecular weight excluding hydrogens is 272 g/mol. The quantitative estimate of drug-likeness (QED) is 0.526. The molecule has 0 aliphatic carbocycles. The van der Waals surface area contributed by atoms with Crippen LogP contribution in [0.25, 0.3) is 0 Å². The molecule has 2 bridgehead atoms. The molecule has 0 radical (unpaired) electrons. The lowest BCUT2D eigenvalue weighted by Crippen LogP contribution is -2.50. The van der Waals surface area contributed by atoms with E-state index in [1.807, 2.05) is 0 Å². The van der Waals surface area contributed by atoms with Gasteiger partial charge in [0, 0.05) is 31.3 Å². The zero-order chi connectivity index (χ0) is 15.2. The van der Waals surface area contributed by atoms with Gasteiger partial charge in [0.2, 0.25) is 5.91 Å². The van der Waals surface area contributed by atoms with Crippen molar-refractivity contribution >= 4 is 11.9 Å². The van der Waals surface area contributed by atoms with E-state index >= 15 is 0 Å². The molecule has 0 aromatic carbocycles. The van der Waals surface area contributed by atoms with Crippen LogP contribution in [0.3, 0.4) is 0 Å². The highest BCUT2D eigenvalue weighted by Crippen LogP contribution is 2.35. The number of fused-ring (bicyclic) bond motifs is 2. The molecule has 6 nitrogen and oxygen atoms in total. The molecular formula is C15H26N2O4. The average molecular weight is 298 g/mol. The fourth-order valence-corrected chi connectivity index (χ4v) is 3.63. The second kappa shape index (κ2) is 7.75. The standard InChI is InChI=1S/C15H26N2O4/c1-2-21-15(20)10-14(19)16-11-8-12-4-5-13(9-11)17(12)6-3-7-18/h11-13,18H,2-10H2,1H3,(H,16,19). The first-order valence-electron chi connectivity index (χ1n) is 7.95. The van der Waals surface area contributed by atoms with Gasteiger partial charge in [0.25, 0.3) is 0 Å². The smallest absolute Gasteiger partial charge is 0.315 e. The van der Waals surface area contributed by atoms with Crippen LogP contribution in [0.1, 0.15) is 45.4 Å². The summed E-state index contributed by atoms with van der Waals surface area (Å²) in [5.74, 6) is -0.694. The molecule has 0 aromatic rings. The predicted octanol–water partition coefficient (Wildman–Crippen LogP) is 0.434. The Balaban J connectivity index is 1.77. The zero-order valence-electron chi connectivity index (χ0n) is 12.7. The first-order chi connectivity index (χ1) is 10.1. The zero-order valence-corrected chi connectivity index (χ0v) is 12.7. The Labute approximate surface area is 125 Å². The molecule has 2 heterocycles. The van der Waals surface area contributed by atoms with Crippen molar-refractivity contribution in [2.45, 2.75) is 63.6 Å². The van der Waals surface area contributed by atoms with Gasteiger partial charge in [0.15, 0.2) is 0 Å². The first kappa shape index (κ1) is 16.2. The maximum atomic E-state index is 11.8. The van der Waals surface area contributed by atoms with Crippen LogP contribution < -0.4 is 5.32 Å². The predicted molar refractivity (Wildman–Crippen MR) is 77.6 cm³/mol. The summed E-state index contributed by atoms with van der Waals surface area (Å²) in [7, 11) is 0. The Bertz CT molecular complexity index is 361. The number of amides is 1. The van der Waals surface area contributed by atoms with Gasteiger partial charge in [-0.3, -0.25) is 14.5 Å². The van der Waals surface area contributed by atoms with E-state index in [0.29, 0.717) is 18.7 Å². The Kier molecular flexibility index (Phi) is 5.99. The van der Waals surface area contributed by atoms with Gasteiger partial charge in [-0.1, -0.05) is 0 Å². The van der Waals surface area contributed by atoms with Gasteiger partial charge in [0.1, 0.15) is 6.42 Å². The SMILES string of the molecule is CCOC(=O)CC(=O)NC1CC2CCC(C1)N2CCCO. The monoisotopic (exact) mass is 298 g/mol. The second-order valence-corrected chi connectivity index (χ2v) is 5.92. The second-order valence-electron chi connectivity index (χ2n) is 5.92. The highest BCUT2D eigenvalue weighted by atomic mass is 16.5. The highest BCUT2D eigenvalue weighted by molar-refractivity contribution is 5.94. The molecule has 0 aromatic heterocycles. The minimum Gasteiger partial charge on any atom is -0.466 e. The van der Waals surface area contributed by atoms with Crippen molar-refractivity contribution in [2.24, 2.45) is 0 Å². The summed E-state index contributed by atoms with van der Waals surface area (Å²) in [4.78, 5) is 25.6. The van der Waals surface area contributed by atoms with Gasteiger partial charge in [-0.05, 0) is 39.0 Å². The number of nitrogens with zero attached hydrogens (tertiary/aromatic N) is 1. The summed E-state index contributed by atoms with van der Waals surface area (Å²) < 4.78 is 4.79. The third kappa shape index (κ3) is 4.41. The number of carbonyl (C=O) groups is 2. The summed E-state index contributed by atoms with van der Waals surface area (Å²) in [5.41, 5.74) is 0. The third-order valence-corrected chi connectivity index (χ3v) is 4.43. The third-order valence-electron chi connectivity index (χ3n) is 4.43. The lowest BCUT2D eigenvalue weighted by molar-refractivity contribution is -0.146. The fraction of sp³-hybridized carbons (Fsp3) is 0.867. The molecule has 0 spiro atoms. The summed E-state index contributed by atoms with van der Waals surface area (Å²) in [6.45, 7) is 3.21. The van der Waals surface area contributed by atoms with Crippen LogP contribution in [0.5, 0.6) is 0 Å². The fourth-order valence-electron chi connectivity index (χ4n) is 3.63. The van der Waals surface area contributed by atoms with Crippen molar-refractivity contribution < 1.29 is 19.4 Å². The molecule has 0 saturated carbocycles. The summed E-state index contributed by atoms with van der Waals surface area (Å²) in [6.07, 6.45) is 4.84. The molecule has 2 N–H and O–H groups in total. The van der Waals surface area contributed by atoms with Crippen molar-refractivity contribution in [3.63, 3.8) is 0 Å². The van der Waals surface area contributed by atoms with E-state index in [-0.39, 0.29) is 25.0 Å². The van der Waals surface area contributed by atoms with Gasteiger partial charge in [0.05, 0.1) is 6.61 Å². The van der Waals surface area contributed by atoms with Crippen molar-refractivity contribution in [1.82, 2.24) is 10.2 Å². The van der Waals surface area contributed by atoms with Crippen molar-refractivity contribution in [3.05, 3.63) is 0 Å². The lowest BCUT2D eigenvalue weighted by Gasteiger charge is -2.39. The van der Waals surface area contributed by atoms with Crippen LogP contribution in [0.4, 0.5) is 0 Å². The van der Waals surface area contributed by atoms with Crippen LogP contribution in [0.15, 0.2) is 0 Å². The molecule has 1 amide bonds. The molecule has 6 heteroatoms. The molecule has 120 valence electrons. The molecule has 2 aliphatic rings. The van der Waals surface area contributed by atoms with E-state index < -0.39 is 5.97 Å². The summed E-state index contributed by atoms with van der Waals surface area (Å²) in [6, 6.07) is 1.17. The number of esters is 1. The number of rotatable bonds is 7. The van der Waals surface area contributed by atoms with Gasteiger partial charge >= 0.3 is 5.97 Å². The van der Waals surface area contributed by atoms with E-state index in [0.717, 1.165) is 25.8 Å². The number of aliphatic hydroxyl groups excluding tert-OH is 1. The minimum atomic E-state index is -0.460. The van der Waals surface area contributed by atoms with E-state index in [1.165, 1.54) is 12.8 Å². The van der Waals surface area contributed by atoms with Crippen LogP contribution >= 0.6 is 0 Å². The molecule has 2 unspecified atom stereocenters. The Morgan fingerprint density at radius 2 is 1.95 bits per heavy atom. The van der Waals surface area contributed by atoms with Crippen molar-refractivity contribution in [1.29, 1.82) is 0 Å². The summed E-state index contributed by atoms with van der Waals surface area (Å²) >= 11 is 0. The summed E-state index contributed by atoms with van der Waals surface area (Å²) in [5, 5.41) is 11.9. The van der Waals surface area contributed by atoms with Crippen LogP contribution in [-0.2, 0) is 14.3 Å². The molecule has 2 saturated heterocycles. The lowest BCUT2D eigenvalue weighted by atomic mass is 9.97. The number of aliphatic hydroxyl groups is 1. The van der Waals surface area contributed by atoms with Crippen LogP contribution in [-0.4, -0.2) is 59.8 Å². The van der Waals surface area contributed by atoms with E-state index in [9.17, 15) is 9.59 Å². The van der Waals surface area contributed by atoms with E-state index in [2.05, 4.69) is 10.2 Å². The number of ether oxygens (including phenoxy) is 1. The largest absolute Gasteiger partial charge is 0.466 e. The van der Waals surface area contributed by atoms with Crippen LogP contribution in [0, 0.1) is 0 Å². The molecule has 2 fully saturated rings. The maximum Gasteiger partial charge on any atom is 0.315 e. The number of carbonyl (C=O) groups excluding carboxylic acids is 2. The van der Waals surface area contributed by atoms with Gasteiger partial charge in [-0.2, -0.15) is 0 Å². The molecule has 2 rings (SSSR count). The number of nitrogens with one attached hydrogen (secondary N) is 1. The average Bonchev–Trinajstić information content (AvgIpc) is 2.66. The topological polar surface area (TPSA) is 78.9 Å². The molecule has 2 atom stereocenters. The number of hydrogen-bond donors (Lipinski definition) is 2. The normalized spacial score (nSPS) is 28.4. The van der Waals surface area contributed by atoms with Gasteiger partial charge in [-0.15, -0.1) is 0 Å². The number of hydrogen-bond acceptors (Lipinski definition) is 5. The molecule has 2 aliphatic heterocycles. The Hall–Kier alpha value is -1.14. The maximum absolute atomic E-state index is 11.8. The molecule has 21 heavy (non-hydrogen) atoms. The van der Waals surface area contributed by atoms with E-state index in [4.69, 9.17) is 9.84 Å². The Morgan fingerprint density at radius 1 is 1.29 bits per heavy atom. The van der Waals surface area contributed by atoms with Crippen LogP contribution in [0.2, 0.25) is 0 Å². The van der Waals surface area contributed by atoms with Gasteiger partial charge < -0.3 is 15.2 Å². The highest BCUT2D eigenvalue weighted by Gasteiger charge is 2.40. The van der Waals surface area contributed by atoms with Crippen molar-refractivity contribution in [2.75, 3.05) is 19.8 Å². The minimum absolute atomic E-state index is 0.162. The van der Waals surface area contributed by atoms with Gasteiger partial charge in [-0.25, -0.2) is 0 Å². The van der Waals surface area contributed by atoms with E-state index in [1.54, 1.807) is 6.92 Å². The van der Waals surface area contributed by atoms with Crippen molar-refractivity contribution in [3.8, 4) is 0 Å². The number of piperidine rings is 1. The first-order valence-corrected chi connectivity index (χ1v) is 7.95. The Morgan fingerprint density at radius 3 is 2.52 bits per heavy atom.